The molecule has 0 aliphatic heterocycles. The molecule has 0 aromatic rings. The van der Waals surface area contributed by atoms with Gasteiger partial charge in [0.05, 0.1) is 18.8 Å². The van der Waals surface area contributed by atoms with Crippen molar-refractivity contribution in [2.24, 2.45) is 5.92 Å². The SMILES string of the molecule is CCCCCCCCCCCCC/C=C/[C@@H](O)[C@@H](COS(=O)(=O)O)NC(=O)[C@H](O)CCCCCCCCCCCC(C)C. The average Bonchev–Trinajstić information content (AvgIpc) is 2.95. The molecule has 0 fully saturated rings. The molecule has 0 heterocycles. The number of allylic oxidation sites excluding steroid dienone is 1. The largest absolute Gasteiger partial charge is 0.397 e. The number of aliphatic hydroxyl groups excluding tert-OH is 2. The Bertz CT molecular complexity index is 773. The summed E-state index contributed by atoms with van der Waals surface area (Å²) >= 11 is 0. The van der Waals surface area contributed by atoms with Gasteiger partial charge in [-0.3, -0.25) is 9.35 Å². The van der Waals surface area contributed by atoms with Crippen molar-refractivity contribution in [2.45, 2.75) is 187 Å². The van der Waals surface area contributed by atoms with Crippen LogP contribution in [0, 0.1) is 5.92 Å². The third kappa shape index (κ3) is 29.5. The summed E-state index contributed by atoms with van der Waals surface area (Å²) in [5.41, 5.74) is 0. The van der Waals surface area contributed by atoms with Gasteiger partial charge in [-0.2, -0.15) is 8.42 Å². The maximum Gasteiger partial charge on any atom is 0.397 e. The van der Waals surface area contributed by atoms with Gasteiger partial charge in [-0.15, -0.1) is 0 Å². The highest BCUT2D eigenvalue weighted by molar-refractivity contribution is 7.80. The molecule has 0 saturated carbocycles. The zero-order chi connectivity index (χ0) is 32.2. The molecule has 43 heavy (non-hydrogen) atoms. The molecular weight excluding hydrogens is 566 g/mol. The zero-order valence-electron chi connectivity index (χ0n) is 27.8. The minimum Gasteiger partial charge on any atom is -0.387 e. The Labute approximate surface area is 264 Å². The Balaban J connectivity index is 4.24. The molecule has 0 unspecified atom stereocenters. The van der Waals surface area contributed by atoms with Gasteiger partial charge in [0.1, 0.15) is 6.10 Å². The van der Waals surface area contributed by atoms with E-state index in [4.69, 9.17) is 4.55 Å². The Morgan fingerprint density at radius 3 is 1.63 bits per heavy atom. The number of hydrogen-bond donors (Lipinski definition) is 4. The van der Waals surface area contributed by atoms with Crippen molar-refractivity contribution in [3.8, 4) is 0 Å². The highest BCUT2D eigenvalue weighted by Gasteiger charge is 2.25. The van der Waals surface area contributed by atoms with E-state index < -0.39 is 41.2 Å². The third-order valence-corrected chi connectivity index (χ3v) is 8.44. The van der Waals surface area contributed by atoms with Crippen molar-refractivity contribution in [1.29, 1.82) is 0 Å². The predicted octanol–water partition coefficient (Wildman–Crippen LogP) is 8.22. The van der Waals surface area contributed by atoms with E-state index in [1.807, 2.05) is 6.08 Å². The van der Waals surface area contributed by atoms with E-state index in [0.29, 0.717) is 6.42 Å². The third-order valence-electron chi connectivity index (χ3n) is 8.01. The second-order valence-corrected chi connectivity index (χ2v) is 13.8. The van der Waals surface area contributed by atoms with Gasteiger partial charge < -0.3 is 15.5 Å². The van der Waals surface area contributed by atoms with E-state index in [1.165, 1.54) is 102 Å². The van der Waals surface area contributed by atoms with Crippen molar-refractivity contribution >= 4 is 16.3 Å². The van der Waals surface area contributed by atoms with Crippen LogP contribution in [-0.2, 0) is 19.4 Å². The Hall–Kier alpha value is -1.00. The van der Waals surface area contributed by atoms with Gasteiger partial charge >= 0.3 is 10.4 Å². The van der Waals surface area contributed by atoms with Crippen LogP contribution in [-0.4, -0.2) is 53.9 Å². The number of aliphatic hydroxyl groups is 2. The summed E-state index contributed by atoms with van der Waals surface area (Å²) in [6, 6.07) is -1.13. The first-order valence-corrected chi connectivity index (χ1v) is 18.9. The topological polar surface area (TPSA) is 133 Å². The summed E-state index contributed by atoms with van der Waals surface area (Å²) < 4.78 is 35.5. The van der Waals surface area contributed by atoms with E-state index in [1.54, 1.807) is 0 Å². The van der Waals surface area contributed by atoms with Gasteiger partial charge in [0.15, 0.2) is 0 Å². The van der Waals surface area contributed by atoms with Crippen molar-refractivity contribution in [3.63, 3.8) is 0 Å². The molecular formula is C34H67NO7S. The summed E-state index contributed by atoms with van der Waals surface area (Å²) in [6.45, 7) is 6.12. The van der Waals surface area contributed by atoms with Gasteiger partial charge in [0.2, 0.25) is 5.91 Å². The lowest BCUT2D eigenvalue weighted by molar-refractivity contribution is -0.131. The fourth-order valence-electron chi connectivity index (χ4n) is 5.22. The van der Waals surface area contributed by atoms with Gasteiger partial charge in [0.25, 0.3) is 0 Å². The molecule has 0 rings (SSSR count). The van der Waals surface area contributed by atoms with Crippen LogP contribution in [0.15, 0.2) is 12.2 Å². The van der Waals surface area contributed by atoms with Crippen molar-refractivity contribution in [1.82, 2.24) is 5.32 Å². The standard InChI is InChI=1S/C34H67NO7S/c1-4-5-6-7-8-9-10-11-12-15-18-21-24-27-32(36)31(29-42-43(39,40)41)35-34(38)33(37)28-25-22-19-16-13-14-17-20-23-26-30(2)3/h24,27,30-33,36-37H,4-23,25-26,28-29H2,1-3H3,(H,35,38)(H,39,40,41)/b27-24+/t31-,32-,33-/m1/s1. The maximum absolute atomic E-state index is 12.5. The number of hydrogen-bond acceptors (Lipinski definition) is 6. The maximum atomic E-state index is 12.5. The summed E-state index contributed by atoms with van der Waals surface area (Å²) in [6.07, 6.45) is 27.1. The molecule has 0 aliphatic carbocycles. The lowest BCUT2D eigenvalue weighted by Gasteiger charge is -2.23. The smallest absolute Gasteiger partial charge is 0.387 e. The molecule has 0 aromatic heterocycles. The fraction of sp³-hybridized carbons (Fsp3) is 0.912. The van der Waals surface area contributed by atoms with E-state index >= 15 is 0 Å². The molecule has 8 nitrogen and oxygen atoms in total. The lowest BCUT2D eigenvalue weighted by Crippen LogP contribution is -2.49. The number of carbonyl (C=O) groups is 1. The monoisotopic (exact) mass is 633 g/mol. The second kappa shape index (κ2) is 28.5. The van der Waals surface area contributed by atoms with Crippen LogP contribution in [0.3, 0.4) is 0 Å². The van der Waals surface area contributed by atoms with E-state index in [-0.39, 0.29) is 6.42 Å². The summed E-state index contributed by atoms with van der Waals surface area (Å²) in [4.78, 5) is 12.5. The molecule has 0 aromatic carbocycles. The number of rotatable bonds is 31. The van der Waals surface area contributed by atoms with E-state index in [2.05, 4.69) is 30.3 Å². The van der Waals surface area contributed by atoms with Crippen molar-refractivity contribution in [2.75, 3.05) is 6.61 Å². The van der Waals surface area contributed by atoms with Gasteiger partial charge in [0, 0.05) is 0 Å². The Morgan fingerprint density at radius 1 is 0.721 bits per heavy atom. The van der Waals surface area contributed by atoms with Crippen LogP contribution in [0.2, 0.25) is 0 Å². The van der Waals surface area contributed by atoms with E-state index in [0.717, 1.165) is 44.4 Å². The summed E-state index contributed by atoms with van der Waals surface area (Å²) in [5, 5.41) is 23.4. The number of amides is 1. The lowest BCUT2D eigenvalue weighted by atomic mass is 10.0. The van der Waals surface area contributed by atoms with Crippen LogP contribution in [0.4, 0.5) is 0 Å². The normalized spacial score (nSPS) is 14.4. The molecule has 0 spiro atoms. The fourth-order valence-corrected chi connectivity index (χ4v) is 5.54. The average molecular weight is 634 g/mol. The van der Waals surface area contributed by atoms with Crippen LogP contribution in [0.5, 0.6) is 0 Å². The van der Waals surface area contributed by atoms with Crippen molar-refractivity contribution < 1.29 is 32.2 Å². The first kappa shape index (κ1) is 42.0. The molecule has 9 heteroatoms. The van der Waals surface area contributed by atoms with Crippen LogP contribution < -0.4 is 5.32 Å². The van der Waals surface area contributed by atoms with Crippen LogP contribution in [0.25, 0.3) is 0 Å². The first-order valence-electron chi connectivity index (χ1n) is 17.5. The van der Waals surface area contributed by atoms with Crippen LogP contribution >= 0.6 is 0 Å². The molecule has 256 valence electrons. The number of carbonyl (C=O) groups excluding carboxylic acids is 1. The Morgan fingerprint density at radius 2 is 1.16 bits per heavy atom. The highest BCUT2D eigenvalue weighted by atomic mass is 32.3. The summed E-state index contributed by atoms with van der Waals surface area (Å²) in [5.74, 6) is 0.0901. The molecule has 0 bridgehead atoms. The minimum atomic E-state index is -4.74. The molecule has 3 atom stereocenters. The van der Waals surface area contributed by atoms with Crippen LogP contribution in [0.1, 0.15) is 168 Å². The molecule has 4 N–H and O–H groups in total. The van der Waals surface area contributed by atoms with E-state index in [9.17, 15) is 23.4 Å². The summed E-state index contributed by atoms with van der Waals surface area (Å²) in [7, 11) is -4.74. The van der Waals surface area contributed by atoms with Crippen molar-refractivity contribution in [3.05, 3.63) is 12.2 Å². The minimum absolute atomic E-state index is 0.289. The number of unbranched alkanes of at least 4 members (excludes halogenated alkanes) is 19. The first-order chi connectivity index (χ1) is 20.6. The van der Waals surface area contributed by atoms with Gasteiger partial charge in [-0.05, 0) is 25.2 Å². The second-order valence-electron chi connectivity index (χ2n) is 12.7. The molecule has 1 amide bonds. The molecule has 0 radical (unpaired) electrons. The quantitative estimate of drug-likeness (QED) is 0.0343. The molecule has 0 saturated heterocycles. The Kier molecular flexibility index (Phi) is 27.8. The van der Waals surface area contributed by atoms with Gasteiger partial charge in [-0.25, -0.2) is 4.18 Å². The highest BCUT2D eigenvalue weighted by Crippen LogP contribution is 2.15. The predicted molar refractivity (Wildman–Crippen MR) is 177 cm³/mol. The number of nitrogens with one attached hydrogen (secondary N) is 1. The zero-order valence-corrected chi connectivity index (χ0v) is 28.6. The molecule has 0 aliphatic rings. The van der Waals surface area contributed by atoms with Gasteiger partial charge in [-0.1, -0.05) is 161 Å².